The highest BCUT2D eigenvalue weighted by molar-refractivity contribution is 6.35. The van der Waals surface area contributed by atoms with Crippen molar-refractivity contribution in [3.63, 3.8) is 0 Å². The summed E-state index contributed by atoms with van der Waals surface area (Å²) in [5, 5.41) is 6.12. The number of halogens is 1. The van der Waals surface area contributed by atoms with E-state index in [0.29, 0.717) is 11.6 Å². The Bertz CT molecular complexity index is 813. The molecule has 0 atom stereocenters. The van der Waals surface area contributed by atoms with Crippen molar-refractivity contribution in [3.8, 4) is 5.75 Å². The van der Waals surface area contributed by atoms with Crippen LogP contribution in [-0.2, 0) is 21.5 Å². The Kier molecular flexibility index (Phi) is 6.57. The van der Waals surface area contributed by atoms with E-state index < -0.39 is 11.8 Å². The second kappa shape index (κ2) is 9.11. The van der Waals surface area contributed by atoms with Gasteiger partial charge in [-0.2, -0.15) is 0 Å². The molecule has 2 amide bonds. The maximum atomic E-state index is 12.3. The molecular formula is C22H25ClN2O3. The SMILES string of the molecule is COc1ccc(C2(CNC(=O)C(=O)NCc3ccc(Cl)cc3)CCCC2)cc1. The van der Waals surface area contributed by atoms with Crippen LogP contribution in [0.2, 0.25) is 5.02 Å². The predicted octanol–water partition coefficient (Wildman–Crippen LogP) is 3.59. The van der Waals surface area contributed by atoms with Crippen LogP contribution >= 0.6 is 11.6 Å². The molecule has 1 aliphatic rings. The first-order valence-corrected chi connectivity index (χ1v) is 9.85. The van der Waals surface area contributed by atoms with Crippen molar-refractivity contribution >= 4 is 23.4 Å². The molecule has 5 nitrogen and oxygen atoms in total. The molecule has 2 aromatic rings. The van der Waals surface area contributed by atoms with Crippen LogP contribution in [0.4, 0.5) is 0 Å². The third kappa shape index (κ3) is 4.84. The average molecular weight is 401 g/mol. The van der Waals surface area contributed by atoms with E-state index in [4.69, 9.17) is 16.3 Å². The number of amides is 2. The monoisotopic (exact) mass is 400 g/mol. The lowest BCUT2D eigenvalue weighted by Gasteiger charge is -2.30. The van der Waals surface area contributed by atoms with E-state index in [-0.39, 0.29) is 12.0 Å². The summed E-state index contributed by atoms with van der Waals surface area (Å²) in [6.07, 6.45) is 4.22. The third-order valence-electron chi connectivity index (χ3n) is 5.42. The molecule has 0 aliphatic heterocycles. The highest BCUT2D eigenvalue weighted by atomic mass is 35.5. The minimum atomic E-state index is -0.627. The average Bonchev–Trinajstić information content (AvgIpc) is 3.21. The van der Waals surface area contributed by atoms with E-state index in [2.05, 4.69) is 22.8 Å². The van der Waals surface area contributed by atoms with Crippen LogP contribution in [0.5, 0.6) is 5.75 Å². The summed E-state index contributed by atoms with van der Waals surface area (Å²) in [5.74, 6) is -0.422. The lowest BCUT2D eigenvalue weighted by Crippen LogP contribution is -2.45. The summed E-state index contributed by atoms with van der Waals surface area (Å²) in [5.41, 5.74) is 1.93. The van der Waals surface area contributed by atoms with E-state index in [1.807, 2.05) is 24.3 Å². The van der Waals surface area contributed by atoms with Crippen molar-refractivity contribution in [3.05, 3.63) is 64.7 Å². The number of carbonyl (C=O) groups is 2. The first-order valence-electron chi connectivity index (χ1n) is 9.47. The Morgan fingerprint density at radius 3 is 2.18 bits per heavy atom. The van der Waals surface area contributed by atoms with E-state index >= 15 is 0 Å². The summed E-state index contributed by atoms with van der Waals surface area (Å²) in [7, 11) is 1.64. The van der Waals surface area contributed by atoms with E-state index in [0.717, 1.165) is 37.0 Å². The number of hydrogen-bond acceptors (Lipinski definition) is 3. The van der Waals surface area contributed by atoms with Gasteiger partial charge in [-0.1, -0.05) is 48.7 Å². The molecule has 0 saturated heterocycles. The molecule has 1 saturated carbocycles. The second-order valence-corrected chi connectivity index (χ2v) is 7.64. The number of hydrogen-bond donors (Lipinski definition) is 2. The Morgan fingerprint density at radius 2 is 1.57 bits per heavy atom. The molecule has 0 aromatic heterocycles. The van der Waals surface area contributed by atoms with Gasteiger partial charge in [-0.05, 0) is 48.2 Å². The van der Waals surface area contributed by atoms with Gasteiger partial charge in [-0.15, -0.1) is 0 Å². The molecule has 2 N–H and O–H groups in total. The molecule has 6 heteroatoms. The maximum Gasteiger partial charge on any atom is 0.309 e. The Balaban J connectivity index is 1.57. The van der Waals surface area contributed by atoms with Gasteiger partial charge in [-0.25, -0.2) is 0 Å². The van der Waals surface area contributed by atoms with Gasteiger partial charge in [-0.3, -0.25) is 9.59 Å². The fraction of sp³-hybridized carbons (Fsp3) is 0.364. The molecule has 0 spiro atoms. The van der Waals surface area contributed by atoms with Crippen molar-refractivity contribution in [2.75, 3.05) is 13.7 Å². The molecule has 1 fully saturated rings. The minimum Gasteiger partial charge on any atom is -0.497 e. The topological polar surface area (TPSA) is 67.4 Å². The molecular weight excluding hydrogens is 376 g/mol. The van der Waals surface area contributed by atoms with Crippen LogP contribution in [0, 0.1) is 0 Å². The van der Waals surface area contributed by atoms with Gasteiger partial charge in [0.15, 0.2) is 0 Å². The molecule has 2 aromatic carbocycles. The Hall–Kier alpha value is -2.53. The molecule has 3 rings (SSSR count). The molecule has 1 aliphatic carbocycles. The van der Waals surface area contributed by atoms with E-state index in [1.54, 1.807) is 19.2 Å². The number of ether oxygens (including phenoxy) is 1. The zero-order valence-electron chi connectivity index (χ0n) is 16.0. The van der Waals surface area contributed by atoms with Gasteiger partial charge in [0.1, 0.15) is 5.75 Å². The first kappa shape index (κ1) is 20.2. The van der Waals surface area contributed by atoms with Crippen LogP contribution in [-0.4, -0.2) is 25.5 Å². The molecule has 0 bridgehead atoms. The fourth-order valence-electron chi connectivity index (χ4n) is 3.76. The largest absolute Gasteiger partial charge is 0.497 e. The molecule has 0 unspecified atom stereocenters. The smallest absolute Gasteiger partial charge is 0.309 e. The number of rotatable bonds is 6. The fourth-order valence-corrected chi connectivity index (χ4v) is 3.88. The van der Waals surface area contributed by atoms with Crippen molar-refractivity contribution in [2.45, 2.75) is 37.6 Å². The van der Waals surface area contributed by atoms with Crippen molar-refractivity contribution in [1.82, 2.24) is 10.6 Å². The zero-order chi connectivity index (χ0) is 20.0. The maximum absolute atomic E-state index is 12.3. The Morgan fingerprint density at radius 1 is 0.964 bits per heavy atom. The van der Waals surface area contributed by atoms with Crippen molar-refractivity contribution in [2.24, 2.45) is 0 Å². The van der Waals surface area contributed by atoms with Gasteiger partial charge in [0, 0.05) is 23.5 Å². The van der Waals surface area contributed by atoms with Gasteiger partial charge in [0.2, 0.25) is 0 Å². The second-order valence-electron chi connectivity index (χ2n) is 7.21. The van der Waals surface area contributed by atoms with Crippen LogP contribution < -0.4 is 15.4 Å². The van der Waals surface area contributed by atoms with Gasteiger partial charge in [0.05, 0.1) is 7.11 Å². The van der Waals surface area contributed by atoms with Crippen LogP contribution in [0.25, 0.3) is 0 Å². The number of carbonyl (C=O) groups excluding carboxylic acids is 2. The number of benzene rings is 2. The summed E-state index contributed by atoms with van der Waals surface area (Å²) in [4.78, 5) is 24.4. The van der Waals surface area contributed by atoms with E-state index in [1.165, 1.54) is 5.56 Å². The third-order valence-corrected chi connectivity index (χ3v) is 5.67. The van der Waals surface area contributed by atoms with Gasteiger partial charge in [0.25, 0.3) is 0 Å². The quantitative estimate of drug-likeness (QED) is 0.728. The van der Waals surface area contributed by atoms with Crippen molar-refractivity contribution < 1.29 is 14.3 Å². The Labute approximate surface area is 170 Å². The number of methoxy groups -OCH3 is 1. The van der Waals surface area contributed by atoms with Crippen LogP contribution in [0.1, 0.15) is 36.8 Å². The minimum absolute atomic E-state index is 0.127. The predicted molar refractivity (Wildman–Crippen MR) is 109 cm³/mol. The summed E-state index contributed by atoms with van der Waals surface area (Å²) >= 11 is 5.85. The van der Waals surface area contributed by atoms with Crippen LogP contribution in [0.15, 0.2) is 48.5 Å². The van der Waals surface area contributed by atoms with Gasteiger partial charge >= 0.3 is 11.8 Å². The molecule has 0 heterocycles. The van der Waals surface area contributed by atoms with Crippen molar-refractivity contribution in [1.29, 1.82) is 0 Å². The zero-order valence-corrected chi connectivity index (χ0v) is 16.7. The molecule has 148 valence electrons. The standard InChI is InChI=1S/C22H25ClN2O3/c1-28-19-10-6-17(7-11-19)22(12-2-3-13-22)15-25-21(27)20(26)24-14-16-4-8-18(23)9-5-16/h4-11H,2-3,12-15H2,1H3,(H,24,26)(H,25,27). The summed E-state index contributed by atoms with van der Waals surface area (Å²) in [6.45, 7) is 0.736. The molecule has 0 radical (unpaired) electrons. The van der Waals surface area contributed by atoms with E-state index in [9.17, 15) is 9.59 Å². The summed E-state index contributed by atoms with van der Waals surface area (Å²) < 4.78 is 5.23. The van der Waals surface area contributed by atoms with Crippen LogP contribution in [0.3, 0.4) is 0 Å². The lowest BCUT2D eigenvalue weighted by molar-refractivity contribution is -0.139. The normalized spacial score (nSPS) is 15.1. The van der Waals surface area contributed by atoms with Gasteiger partial charge < -0.3 is 15.4 Å². The molecule has 28 heavy (non-hydrogen) atoms. The first-order chi connectivity index (χ1) is 13.5. The highest BCUT2D eigenvalue weighted by Gasteiger charge is 2.36. The number of nitrogens with one attached hydrogen (secondary N) is 2. The lowest BCUT2D eigenvalue weighted by atomic mass is 9.78. The highest BCUT2D eigenvalue weighted by Crippen LogP contribution is 2.41. The summed E-state index contributed by atoms with van der Waals surface area (Å²) in [6, 6.07) is 15.1.